The van der Waals surface area contributed by atoms with Crippen LogP contribution >= 0.6 is 0 Å². The van der Waals surface area contributed by atoms with E-state index >= 15 is 0 Å². The monoisotopic (exact) mass is 330 g/mol. The van der Waals surface area contributed by atoms with Crippen molar-refractivity contribution in [3.63, 3.8) is 0 Å². The van der Waals surface area contributed by atoms with Gasteiger partial charge in [-0.1, -0.05) is 6.42 Å². The second-order valence-corrected chi connectivity index (χ2v) is 6.96. The van der Waals surface area contributed by atoms with Gasteiger partial charge in [-0.05, 0) is 56.9 Å². The minimum absolute atomic E-state index is 0.0453. The van der Waals surface area contributed by atoms with E-state index in [9.17, 15) is 14.7 Å². The van der Waals surface area contributed by atoms with Crippen LogP contribution in [-0.4, -0.2) is 48.1 Å². The Balaban J connectivity index is 1.75. The number of carbonyl (C=O) groups excluding carboxylic acids is 1. The van der Waals surface area contributed by atoms with Gasteiger partial charge in [-0.25, -0.2) is 0 Å². The zero-order valence-electron chi connectivity index (χ0n) is 14.5. The molecule has 1 N–H and O–H groups in total. The number of aliphatic carboxylic acids is 1. The maximum absolute atomic E-state index is 12.8. The molecule has 5 nitrogen and oxygen atoms in total. The smallest absolute Gasteiger partial charge is 0.311 e. The molecule has 0 unspecified atom stereocenters. The van der Waals surface area contributed by atoms with Crippen molar-refractivity contribution in [1.29, 1.82) is 0 Å². The van der Waals surface area contributed by atoms with Crippen LogP contribution in [0.2, 0.25) is 0 Å². The quantitative estimate of drug-likeness (QED) is 0.902. The van der Waals surface area contributed by atoms with Crippen molar-refractivity contribution >= 4 is 17.6 Å². The van der Waals surface area contributed by atoms with Gasteiger partial charge in [0.1, 0.15) is 0 Å². The van der Waals surface area contributed by atoms with Gasteiger partial charge in [0.2, 0.25) is 0 Å². The van der Waals surface area contributed by atoms with Crippen molar-refractivity contribution in [3.8, 4) is 0 Å². The highest BCUT2D eigenvalue weighted by Crippen LogP contribution is 2.49. The third-order valence-electron chi connectivity index (χ3n) is 5.83. The highest BCUT2D eigenvalue weighted by molar-refractivity contribution is 5.95. The number of fused-ring (bicyclic) bond motifs is 1. The molecule has 5 heteroatoms. The Kier molecular flexibility index (Phi) is 4.52. The van der Waals surface area contributed by atoms with Crippen LogP contribution in [0.5, 0.6) is 0 Å². The van der Waals surface area contributed by atoms with Crippen LogP contribution in [0, 0.1) is 11.3 Å². The molecule has 0 bridgehead atoms. The lowest BCUT2D eigenvalue weighted by Gasteiger charge is -2.24. The average Bonchev–Trinajstić information content (AvgIpc) is 3.14. The first kappa shape index (κ1) is 16.8. The largest absolute Gasteiger partial charge is 0.481 e. The van der Waals surface area contributed by atoms with Gasteiger partial charge in [-0.15, -0.1) is 0 Å². The predicted molar refractivity (Wildman–Crippen MR) is 93.3 cm³/mol. The summed E-state index contributed by atoms with van der Waals surface area (Å²) >= 11 is 0. The first-order chi connectivity index (χ1) is 11.5. The Morgan fingerprint density at radius 1 is 1.25 bits per heavy atom. The average molecular weight is 330 g/mol. The van der Waals surface area contributed by atoms with Crippen molar-refractivity contribution < 1.29 is 14.7 Å². The number of rotatable bonds is 5. The van der Waals surface area contributed by atoms with E-state index < -0.39 is 11.4 Å². The van der Waals surface area contributed by atoms with Gasteiger partial charge >= 0.3 is 5.97 Å². The van der Waals surface area contributed by atoms with E-state index in [0.717, 1.165) is 31.6 Å². The normalized spacial score (nSPS) is 25.6. The highest BCUT2D eigenvalue weighted by Gasteiger charge is 2.55. The van der Waals surface area contributed by atoms with E-state index in [1.54, 1.807) is 4.90 Å². The van der Waals surface area contributed by atoms with Gasteiger partial charge in [-0.3, -0.25) is 9.59 Å². The molecule has 24 heavy (non-hydrogen) atoms. The molecular formula is C19H26N2O3. The Morgan fingerprint density at radius 2 is 1.92 bits per heavy atom. The molecular weight excluding hydrogens is 304 g/mol. The van der Waals surface area contributed by atoms with E-state index in [2.05, 4.69) is 18.7 Å². The molecule has 2 aliphatic rings. The van der Waals surface area contributed by atoms with E-state index in [4.69, 9.17) is 0 Å². The number of benzene rings is 1. The lowest BCUT2D eigenvalue weighted by atomic mass is 9.81. The second kappa shape index (κ2) is 6.46. The van der Waals surface area contributed by atoms with Crippen molar-refractivity contribution in [3.05, 3.63) is 29.8 Å². The Morgan fingerprint density at radius 3 is 2.46 bits per heavy atom. The van der Waals surface area contributed by atoms with Gasteiger partial charge in [0.05, 0.1) is 5.41 Å². The maximum Gasteiger partial charge on any atom is 0.311 e. The summed E-state index contributed by atoms with van der Waals surface area (Å²) in [7, 11) is 0. The van der Waals surface area contributed by atoms with Gasteiger partial charge < -0.3 is 14.9 Å². The van der Waals surface area contributed by atoms with Crippen LogP contribution in [0.4, 0.5) is 5.69 Å². The number of carbonyl (C=O) groups is 2. The van der Waals surface area contributed by atoms with Crippen molar-refractivity contribution in [2.24, 2.45) is 11.3 Å². The first-order valence-corrected chi connectivity index (χ1v) is 8.89. The highest BCUT2D eigenvalue weighted by atomic mass is 16.4. The molecule has 1 aliphatic carbocycles. The summed E-state index contributed by atoms with van der Waals surface area (Å²) in [6.45, 7) is 7.00. The van der Waals surface area contributed by atoms with E-state index in [1.165, 1.54) is 0 Å². The number of hydrogen-bond acceptors (Lipinski definition) is 3. The first-order valence-electron chi connectivity index (χ1n) is 8.89. The molecule has 2 atom stereocenters. The molecule has 2 fully saturated rings. The molecule has 0 aromatic heterocycles. The predicted octanol–water partition coefficient (Wildman–Crippen LogP) is 2.86. The third-order valence-corrected chi connectivity index (χ3v) is 5.83. The molecule has 1 aromatic rings. The number of nitrogens with zero attached hydrogens (tertiary/aromatic N) is 2. The number of likely N-dealkylation sites (tertiary alicyclic amines) is 1. The second-order valence-electron chi connectivity index (χ2n) is 6.96. The summed E-state index contributed by atoms with van der Waals surface area (Å²) < 4.78 is 0. The molecule has 0 spiro atoms. The minimum atomic E-state index is -0.739. The van der Waals surface area contributed by atoms with Crippen molar-refractivity contribution in [2.75, 3.05) is 31.1 Å². The molecule has 1 saturated carbocycles. The number of anilines is 1. The van der Waals surface area contributed by atoms with Gasteiger partial charge in [0.15, 0.2) is 0 Å². The van der Waals surface area contributed by atoms with Gasteiger partial charge in [0.25, 0.3) is 5.91 Å². The van der Waals surface area contributed by atoms with Gasteiger partial charge in [0, 0.05) is 37.4 Å². The van der Waals surface area contributed by atoms with E-state index in [0.29, 0.717) is 25.1 Å². The summed E-state index contributed by atoms with van der Waals surface area (Å²) in [4.78, 5) is 28.5. The fourth-order valence-electron chi connectivity index (χ4n) is 4.38. The molecule has 1 saturated heterocycles. The zero-order chi connectivity index (χ0) is 17.3. The fraction of sp³-hybridized carbons (Fsp3) is 0.579. The summed E-state index contributed by atoms with van der Waals surface area (Å²) in [5.41, 5.74) is 1.04. The van der Waals surface area contributed by atoms with Crippen LogP contribution in [0.25, 0.3) is 0 Å². The molecule has 0 radical (unpaired) electrons. The van der Waals surface area contributed by atoms with Gasteiger partial charge in [-0.2, -0.15) is 0 Å². The molecule has 130 valence electrons. The van der Waals surface area contributed by atoms with Crippen LogP contribution < -0.4 is 4.90 Å². The van der Waals surface area contributed by atoms with Crippen molar-refractivity contribution in [2.45, 2.75) is 33.1 Å². The van der Waals surface area contributed by atoms with Crippen molar-refractivity contribution in [1.82, 2.24) is 4.90 Å². The van der Waals surface area contributed by atoms with E-state index in [1.807, 2.05) is 24.3 Å². The fourth-order valence-corrected chi connectivity index (χ4v) is 4.38. The number of amides is 1. The number of carboxylic acid groups (broad SMARTS) is 1. The minimum Gasteiger partial charge on any atom is -0.481 e. The zero-order valence-corrected chi connectivity index (χ0v) is 14.5. The number of hydrogen-bond donors (Lipinski definition) is 1. The lowest BCUT2D eigenvalue weighted by Crippen LogP contribution is -2.37. The maximum atomic E-state index is 12.8. The lowest BCUT2D eigenvalue weighted by molar-refractivity contribution is -0.149. The summed E-state index contributed by atoms with van der Waals surface area (Å²) in [6.07, 6.45) is 2.56. The summed E-state index contributed by atoms with van der Waals surface area (Å²) in [5, 5.41) is 9.65. The number of carboxylic acids is 1. The van der Waals surface area contributed by atoms with Crippen LogP contribution in [0.3, 0.4) is 0 Å². The van der Waals surface area contributed by atoms with Crippen LogP contribution in [0.15, 0.2) is 24.3 Å². The Hall–Kier alpha value is -2.04. The Labute approximate surface area is 143 Å². The molecule has 3 rings (SSSR count). The standard InChI is InChI=1S/C19H26N2O3/c1-3-20(4-2)16-9-7-14(8-10-16)17(22)21-12-15-6-5-11-19(15,13-21)18(23)24/h7-10,15H,3-6,11-13H2,1-2H3,(H,23,24)/t15-,19+/m0/s1. The summed E-state index contributed by atoms with van der Waals surface area (Å²) in [6, 6.07) is 7.67. The van der Waals surface area contributed by atoms with E-state index in [-0.39, 0.29) is 11.8 Å². The third kappa shape index (κ3) is 2.66. The molecule has 1 amide bonds. The summed E-state index contributed by atoms with van der Waals surface area (Å²) in [5.74, 6) is -0.679. The SMILES string of the molecule is CCN(CC)c1ccc(C(=O)N2C[C@@H]3CCC[C@@]3(C(=O)O)C2)cc1. The topological polar surface area (TPSA) is 60.9 Å². The van der Waals surface area contributed by atoms with Crippen LogP contribution in [0.1, 0.15) is 43.5 Å². The van der Waals surface area contributed by atoms with Crippen LogP contribution in [-0.2, 0) is 4.79 Å². The molecule has 1 heterocycles. The Bertz CT molecular complexity index is 624. The molecule has 1 aromatic carbocycles. The molecule has 1 aliphatic heterocycles.